The molecule has 43 heavy (non-hydrogen) atoms. The molecule has 9 heteroatoms. The van der Waals surface area contributed by atoms with E-state index >= 15 is 0 Å². The maximum atomic E-state index is 12.7. The third-order valence-electron chi connectivity index (χ3n) is 6.73. The number of carbonyl (C=O) groups excluding carboxylic acids is 1. The van der Waals surface area contributed by atoms with Crippen molar-refractivity contribution in [2.24, 2.45) is 0 Å². The maximum Gasteiger partial charge on any atom is 0.344 e. The zero-order valence-electron chi connectivity index (χ0n) is 23.1. The van der Waals surface area contributed by atoms with Crippen LogP contribution in [0.25, 0.3) is 39.2 Å². The Balaban J connectivity index is 1.17. The van der Waals surface area contributed by atoms with Gasteiger partial charge >= 0.3 is 5.97 Å². The molecule has 2 heterocycles. The summed E-state index contributed by atoms with van der Waals surface area (Å²) in [6.07, 6.45) is 0. The lowest BCUT2D eigenvalue weighted by Crippen LogP contribution is -2.15. The van der Waals surface area contributed by atoms with Crippen molar-refractivity contribution in [1.29, 1.82) is 0 Å². The molecular formula is C34H26N2O7. The van der Waals surface area contributed by atoms with Crippen LogP contribution in [0.15, 0.2) is 118 Å². The minimum atomic E-state index is -0.640. The lowest BCUT2D eigenvalue weighted by molar-refractivity contribution is -0.147. The monoisotopic (exact) mass is 574 g/mol. The zero-order chi connectivity index (χ0) is 29.8. The number of benzene rings is 4. The van der Waals surface area contributed by atoms with E-state index < -0.39 is 18.0 Å². The number of aromatic hydroxyl groups is 1. The van der Waals surface area contributed by atoms with Crippen LogP contribution in [0.4, 0.5) is 0 Å². The smallest absolute Gasteiger partial charge is 0.344 e. The van der Waals surface area contributed by atoms with Crippen LogP contribution in [0, 0.1) is 0 Å². The molecule has 0 amide bonds. The lowest BCUT2D eigenvalue weighted by Gasteiger charge is -2.09. The van der Waals surface area contributed by atoms with Gasteiger partial charge in [0.15, 0.2) is 12.0 Å². The van der Waals surface area contributed by atoms with Crippen LogP contribution in [0.5, 0.6) is 17.2 Å². The zero-order valence-corrected chi connectivity index (χ0v) is 23.1. The summed E-state index contributed by atoms with van der Waals surface area (Å²) in [7, 11) is 1.61. The molecule has 0 saturated heterocycles. The average Bonchev–Trinajstić information content (AvgIpc) is 3.47. The number of ether oxygens (including phenoxy) is 3. The van der Waals surface area contributed by atoms with Gasteiger partial charge in [-0.1, -0.05) is 48.5 Å². The van der Waals surface area contributed by atoms with Crippen molar-refractivity contribution in [1.82, 2.24) is 9.78 Å². The number of esters is 1. The van der Waals surface area contributed by atoms with Crippen molar-refractivity contribution in [3.05, 3.63) is 125 Å². The molecule has 0 unspecified atom stereocenters. The fourth-order valence-corrected chi connectivity index (χ4v) is 4.64. The molecule has 6 rings (SSSR count). The number of aromatic nitrogens is 2. The van der Waals surface area contributed by atoms with E-state index in [9.17, 15) is 14.7 Å². The quantitative estimate of drug-likeness (QED) is 0.205. The Labute approximate surface area is 246 Å². The SMILES string of the molecule is COc1ccc(-c2cc(COC(=O)COc3cc(O)c4c(=O)cc(-c5ccccc5)oc4c3)nn2-c2ccccc2)cc1. The van der Waals surface area contributed by atoms with E-state index in [1.807, 2.05) is 91.0 Å². The highest BCUT2D eigenvalue weighted by Crippen LogP contribution is 2.31. The number of phenolic OH excluding ortho intramolecular Hbond substituents is 1. The summed E-state index contributed by atoms with van der Waals surface area (Å²) in [6.45, 7) is -0.512. The Morgan fingerprint density at radius 3 is 2.30 bits per heavy atom. The largest absolute Gasteiger partial charge is 0.507 e. The fourth-order valence-electron chi connectivity index (χ4n) is 4.64. The molecule has 0 aliphatic rings. The van der Waals surface area contributed by atoms with Gasteiger partial charge in [-0.2, -0.15) is 5.10 Å². The van der Waals surface area contributed by atoms with Gasteiger partial charge in [0.25, 0.3) is 0 Å². The number of para-hydroxylation sites is 1. The standard InChI is InChI=1S/C34H26N2O7/c1-40-26-14-12-22(13-15-26)28-16-24(35-36(28)25-10-6-3-7-11-25)20-42-33(39)21-41-27-17-29(37)34-30(38)19-31(43-32(34)18-27)23-8-4-2-5-9-23/h2-19,37H,20-21H2,1H3. The van der Waals surface area contributed by atoms with Gasteiger partial charge in [-0.15, -0.1) is 0 Å². The number of methoxy groups -OCH3 is 1. The molecule has 0 aliphatic carbocycles. The first-order valence-corrected chi connectivity index (χ1v) is 13.4. The minimum Gasteiger partial charge on any atom is -0.507 e. The van der Waals surface area contributed by atoms with Gasteiger partial charge in [0, 0.05) is 29.3 Å². The topological polar surface area (TPSA) is 113 Å². The fraction of sp³-hybridized carbons (Fsp3) is 0.0882. The van der Waals surface area contributed by atoms with Gasteiger partial charge in [0.05, 0.1) is 18.5 Å². The summed E-state index contributed by atoms with van der Waals surface area (Å²) in [6, 6.07) is 32.3. The van der Waals surface area contributed by atoms with Crippen LogP contribution in [0.1, 0.15) is 5.69 Å². The van der Waals surface area contributed by atoms with E-state index in [1.54, 1.807) is 11.8 Å². The number of hydrogen-bond acceptors (Lipinski definition) is 8. The molecule has 0 bridgehead atoms. The van der Waals surface area contributed by atoms with Crippen LogP contribution in [0.3, 0.4) is 0 Å². The van der Waals surface area contributed by atoms with Crippen LogP contribution >= 0.6 is 0 Å². The molecule has 9 nitrogen and oxygen atoms in total. The molecule has 0 spiro atoms. The van der Waals surface area contributed by atoms with E-state index in [4.69, 9.17) is 18.6 Å². The van der Waals surface area contributed by atoms with Gasteiger partial charge in [-0.3, -0.25) is 4.79 Å². The highest BCUT2D eigenvalue weighted by Gasteiger charge is 2.16. The number of rotatable bonds is 9. The van der Waals surface area contributed by atoms with Crippen LogP contribution in [-0.4, -0.2) is 34.6 Å². The van der Waals surface area contributed by atoms with E-state index in [0.717, 1.165) is 22.7 Å². The molecule has 0 radical (unpaired) electrons. The Morgan fingerprint density at radius 1 is 0.860 bits per heavy atom. The first kappa shape index (κ1) is 27.3. The molecule has 0 atom stereocenters. The first-order chi connectivity index (χ1) is 21.0. The van der Waals surface area contributed by atoms with Crippen molar-refractivity contribution >= 4 is 16.9 Å². The molecular weight excluding hydrogens is 548 g/mol. The second-order valence-corrected chi connectivity index (χ2v) is 9.60. The van der Waals surface area contributed by atoms with Crippen LogP contribution < -0.4 is 14.9 Å². The van der Waals surface area contributed by atoms with Crippen molar-refractivity contribution in [2.75, 3.05) is 13.7 Å². The Bertz CT molecular complexity index is 1950. The van der Waals surface area contributed by atoms with Crippen molar-refractivity contribution < 1.29 is 28.5 Å². The van der Waals surface area contributed by atoms with E-state index in [1.165, 1.54) is 18.2 Å². The second-order valence-electron chi connectivity index (χ2n) is 9.60. The maximum absolute atomic E-state index is 12.7. The summed E-state index contributed by atoms with van der Waals surface area (Å²) >= 11 is 0. The minimum absolute atomic E-state index is 0.0243. The number of fused-ring (bicyclic) bond motifs is 1. The Kier molecular flexibility index (Phi) is 7.60. The van der Waals surface area contributed by atoms with E-state index in [-0.39, 0.29) is 29.1 Å². The summed E-state index contributed by atoms with van der Waals surface area (Å²) in [4.78, 5) is 25.3. The van der Waals surface area contributed by atoms with Crippen molar-refractivity contribution in [3.8, 4) is 45.5 Å². The number of hydrogen-bond donors (Lipinski definition) is 1. The van der Waals surface area contributed by atoms with Crippen molar-refractivity contribution in [3.63, 3.8) is 0 Å². The summed E-state index contributed by atoms with van der Waals surface area (Å²) < 4.78 is 24.0. The highest BCUT2D eigenvalue weighted by molar-refractivity contribution is 5.86. The molecule has 214 valence electrons. The Hall–Kier alpha value is -5.83. The third kappa shape index (κ3) is 5.96. The predicted octanol–water partition coefficient (Wildman–Crippen LogP) is 6.15. The van der Waals surface area contributed by atoms with Gasteiger partial charge in [0.1, 0.15) is 46.3 Å². The molecule has 1 N–H and O–H groups in total. The molecule has 2 aromatic heterocycles. The van der Waals surface area contributed by atoms with Gasteiger partial charge in [0.2, 0.25) is 0 Å². The van der Waals surface area contributed by atoms with Crippen molar-refractivity contribution in [2.45, 2.75) is 6.61 Å². The number of nitrogens with zero attached hydrogens (tertiary/aromatic N) is 2. The summed E-state index contributed by atoms with van der Waals surface area (Å²) in [5, 5.41) is 15.2. The number of phenols is 1. The first-order valence-electron chi connectivity index (χ1n) is 13.4. The molecule has 6 aromatic rings. The van der Waals surface area contributed by atoms with E-state index in [2.05, 4.69) is 5.10 Å². The average molecular weight is 575 g/mol. The van der Waals surface area contributed by atoms with Crippen LogP contribution in [-0.2, 0) is 16.1 Å². The van der Waals surface area contributed by atoms with Crippen LogP contribution in [0.2, 0.25) is 0 Å². The summed E-state index contributed by atoms with van der Waals surface area (Å²) in [5.74, 6) is 0.275. The number of carbonyl (C=O) groups is 1. The third-order valence-corrected chi connectivity index (χ3v) is 6.73. The Morgan fingerprint density at radius 2 is 1.58 bits per heavy atom. The molecule has 4 aromatic carbocycles. The molecule has 0 fully saturated rings. The second kappa shape index (κ2) is 12.0. The normalized spacial score (nSPS) is 10.9. The highest BCUT2D eigenvalue weighted by atomic mass is 16.6. The molecule has 0 saturated carbocycles. The predicted molar refractivity (Wildman–Crippen MR) is 160 cm³/mol. The van der Waals surface area contributed by atoms with Gasteiger partial charge in [-0.25, -0.2) is 9.48 Å². The lowest BCUT2D eigenvalue weighted by atomic mass is 10.1. The van der Waals surface area contributed by atoms with E-state index in [0.29, 0.717) is 17.0 Å². The van der Waals surface area contributed by atoms with Gasteiger partial charge < -0.3 is 23.7 Å². The summed E-state index contributed by atoms with van der Waals surface area (Å²) in [5.41, 5.74) is 3.57. The molecule has 0 aliphatic heterocycles. The van der Waals surface area contributed by atoms with Gasteiger partial charge in [-0.05, 0) is 42.5 Å².